The molecule has 0 saturated heterocycles. The lowest BCUT2D eigenvalue weighted by molar-refractivity contribution is 0.299. The lowest BCUT2D eigenvalue weighted by Gasteiger charge is -2.15. The number of rotatable bonds is 5. The fraction of sp³-hybridized carbons (Fsp3) is 0.714. The number of hydrogen-bond acceptors (Lipinski definition) is 6. The lowest BCUT2D eigenvalue weighted by atomic mass is 10.5. The molecule has 0 aromatic carbocycles. The Kier molecular flexibility index (Phi) is 3.66. The molecule has 0 fully saturated rings. The number of anilines is 1. The Morgan fingerprint density at radius 2 is 2.31 bits per heavy atom. The van der Waals surface area contributed by atoms with Crippen molar-refractivity contribution >= 4 is 6.01 Å². The molecule has 1 aromatic rings. The third-order valence-electron chi connectivity index (χ3n) is 1.65. The molecule has 0 spiro atoms. The fourth-order valence-corrected chi connectivity index (χ4v) is 0.965. The highest BCUT2D eigenvalue weighted by Crippen LogP contribution is 2.10. The molecule has 0 aliphatic heterocycles. The minimum atomic E-state index is 0.0637. The second-order valence-corrected chi connectivity index (χ2v) is 2.49. The summed E-state index contributed by atoms with van der Waals surface area (Å²) in [6.07, 6.45) is 0. The van der Waals surface area contributed by atoms with Crippen LogP contribution in [0.1, 0.15) is 12.8 Å². The summed E-state index contributed by atoms with van der Waals surface area (Å²) < 4.78 is 5.21. The van der Waals surface area contributed by atoms with Crippen LogP contribution < -0.4 is 10.6 Å². The molecule has 3 N–H and O–H groups in total. The average molecular weight is 186 g/mol. The van der Waals surface area contributed by atoms with Gasteiger partial charge in [0.1, 0.15) is 0 Å². The van der Waals surface area contributed by atoms with E-state index < -0.39 is 0 Å². The zero-order valence-electron chi connectivity index (χ0n) is 7.60. The molecule has 0 bridgehead atoms. The maximum atomic E-state index is 8.74. The van der Waals surface area contributed by atoms with Crippen molar-refractivity contribution < 1.29 is 9.52 Å². The zero-order chi connectivity index (χ0) is 9.68. The second-order valence-electron chi connectivity index (χ2n) is 2.49. The summed E-state index contributed by atoms with van der Waals surface area (Å²) >= 11 is 0. The first-order valence-corrected chi connectivity index (χ1v) is 4.20. The van der Waals surface area contributed by atoms with E-state index in [1.54, 1.807) is 4.90 Å². The summed E-state index contributed by atoms with van der Waals surface area (Å²) in [5.74, 6) is 0.409. The minimum Gasteiger partial charge on any atom is -0.407 e. The van der Waals surface area contributed by atoms with Crippen LogP contribution >= 0.6 is 0 Å². The number of nitrogens with two attached hydrogens (primary N) is 1. The van der Waals surface area contributed by atoms with E-state index in [0.29, 0.717) is 25.0 Å². The van der Waals surface area contributed by atoms with Gasteiger partial charge in [-0.25, -0.2) is 0 Å². The van der Waals surface area contributed by atoms with Gasteiger partial charge in [-0.3, -0.25) is 0 Å². The molecular weight excluding hydrogens is 172 g/mol. The Bertz CT molecular complexity index is 250. The quantitative estimate of drug-likeness (QED) is 0.635. The Morgan fingerprint density at radius 1 is 1.54 bits per heavy atom. The number of aliphatic hydroxyl groups excluding tert-OH is 1. The van der Waals surface area contributed by atoms with Crippen LogP contribution in [0.5, 0.6) is 0 Å². The van der Waals surface area contributed by atoms with Crippen molar-refractivity contribution in [3.05, 3.63) is 5.89 Å². The van der Waals surface area contributed by atoms with Gasteiger partial charge in [-0.05, 0) is 6.92 Å². The third kappa shape index (κ3) is 2.40. The molecule has 1 rings (SSSR count). The molecule has 0 amide bonds. The van der Waals surface area contributed by atoms with Crippen LogP contribution in [-0.2, 0) is 6.54 Å². The summed E-state index contributed by atoms with van der Waals surface area (Å²) in [6, 6.07) is 0.414. The maximum Gasteiger partial charge on any atom is 0.318 e. The molecule has 0 unspecified atom stereocenters. The number of aromatic nitrogens is 2. The fourth-order valence-electron chi connectivity index (χ4n) is 0.965. The second kappa shape index (κ2) is 4.78. The molecular formula is C7H14N4O2. The van der Waals surface area contributed by atoms with E-state index in [1.807, 2.05) is 6.92 Å². The van der Waals surface area contributed by atoms with Gasteiger partial charge in [0.2, 0.25) is 5.89 Å². The Balaban J connectivity index is 2.67. The summed E-state index contributed by atoms with van der Waals surface area (Å²) in [7, 11) is 0. The van der Waals surface area contributed by atoms with Crippen molar-refractivity contribution in [1.82, 2.24) is 10.2 Å². The van der Waals surface area contributed by atoms with Crippen molar-refractivity contribution in [2.24, 2.45) is 5.73 Å². The minimum absolute atomic E-state index is 0.0637. The van der Waals surface area contributed by atoms with E-state index in [1.165, 1.54) is 0 Å². The third-order valence-corrected chi connectivity index (χ3v) is 1.65. The molecule has 1 aromatic heterocycles. The van der Waals surface area contributed by atoms with Gasteiger partial charge in [0.05, 0.1) is 13.2 Å². The highest BCUT2D eigenvalue weighted by Gasteiger charge is 2.10. The molecule has 0 aliphatic rings. The van der Waals surface area contributed by atoms with Crippen molar-refractivity contribution in [1.29, 1.82) is 0 Å². The predicted octanol–water partition coefficient (Wildman–Crippen LogP) is -0.653. The lowest BCUT2D eigenvalue weighted by Crippen LogP contribution is -2.26. The van der Waals surface area contributed by atoms with Crippen LogP contribution in [0, 0.1) is 0 Å². The molecule has 1 heterocycles. The first-order valence-electron chi connectivity index (χ1n) is 4.20. The van der Waals surface area contributed by atoms with Gasteiger partial charge in [-0.15, -0.1) is 5.10 Å². The van der Waals surface area contributed by atoms with E-state index in [-0.39, 0.29) is 13.2 Å². The van der Waals surface area contributed by atoms with Crippen LogP contribution in [-0.4, -0.2) is 35.0 Å². The van der Waals surface area contributed by atoms with Gasteiger partial charge >= 0.3 is 6.01 Å². The van der Waals surface area contributed by atoms with Gasteiger partial charge in [0.25, 0.3) is 0 Å². The summed E-state index contributed by atoms with van der Waals surface area (Å²) in [6.45, 7) is 3.45. The molecule has 6 nitrogen and oxygen atoms in total. The van der Waals surface area contributed by atoms with Gasteiger partial charge in [0.15, 0.2) is 0 Å². The van der Waals surface area contributed by atoms with Crippen molar-refractivity contribution in [2.75, 3.05) is 24.6 Å². The zero-order valence-corrected chi connectivity index (χ0v) is 7.60. The summed E-state index contributed by atoms with van der Waals surface area (Å²) in [5, 5.41) is 16.3. The van der Waals surface area contributed by atoms with Gasteiger partial charge in [-0.2, -0.15) is 0 Å². The van der Waals surface area contributed by atoms with E-state index in [9.17, 15) is 0 Å². The topological polar surface area (TPSA) is 88.4 Å². The van der Waals surface area contributed by atoms with E-state index >= 15 is 0 Å². The Morgan fingerprint density at radius 3 is 2.77 bits per heavy atom. The SMILES string of the molecule is CCN(CCO)c1nnc(CN)o1. The summed E-state index contributed by atoms with van der Waals surface area (Å²) in [5.41, 5.74) is 5.31. The average Bonchev–Trinajstić information content (AvgIpc) is 2.62. The molecule has 0 atom stereocenters. The maximum absolute atomic E-state index is 8.74. The largest absolute Gasteiger partial charge is 0.407 e. The molecule has 0 radical (unpaired) electrons. The summed E-state index contributed by atoms with van der Waals surface area (Å²) in [4.78, 5) is 1.78. The first kappa shape index (κ1) is 9.94. The van der Waals surface area contributed by atoms with Gasteiger partial charge in [-0.1, -0.05) is 5.10 Å². The molecule has 0 aliphatic carbocycles. The van der Waals surface area contributed by atoms with Crippen LogP contribution in [0.3, 0.4) is 0 Å². The van der Waals surface area contributed by atoms with E-state index in [0.717, 1.165) is 0 Å². The van der Waals surface area contributed by atoms with Crippen LogP contribution in [0.2, 0.25) is 0 Å². The number of hydrogen-bond donors (Lipinski definition) is 2. The van der Waals surface area contributed by atoms with Crippen LogP contribution in [0.15, 0.2) is 4.42 Å². The van der Waals surface area contributed by atoms with Crippen molar-refractivity contribution in [3.8, 4) is 0 Å². The smallest absolute Gasteiger partial charge is 0.318 e. The normalized spacial score (nSPS) is 10.4. The molecule has 74 valence electrons. The molecule has 13 heavy (non-hydrogen) atoms. The van der Waals surface area contributed by atoms with Gasteiger partial charge in [0, 0.05) is 13.1 Å². The highest BCUT2D eigenvalue weighted by molar-refractivity contribution is 5.23. The van der Waals surface area contributed by atoms with Gasteiger partial charge < -0.3 is 20.2 Å². The number of aliphatic hydroxyl groups is 1. The Hall–Kier alpha value is -1.14. The number of likely N-dealkylation sites (N-methyl/N-ethyl adjacent to an activating group) is 1. The van der Waals surface area contributed by atoms with Crippen LogP contribution in [0.4, 0.5) is 6.01 Å². The van der Waals surface area contributed by atoms with Crippen molar-refractivity contribution in [2.45, 2.75) is 13.5 Å². The Labute approximate surface area is 76.4 Å². The molecule has 6 heteroatoms. The standard InChI is InChI=1S/C7H14N4O2/c1-2-11(3-4-12)7-10-9-6(5-8)13-7/h12H,2-5,8H2,1H3. The van der Waals surface area contributed by atoms with E-state index in [2.05, 4.69) is 10.2 Å². The molecule has 0 saturated carbocycles. The highest BCUT2D eigenvalue weighted by atomic mass is 16.4. The van der Waals surface area contributed by atoms with Crippen molar-refractivity contribution in [3.63, 3.8) is 0 Å². The van der Waals surface area contributed by atoms with E-state index in [4.69, 9.17) is 15.3 Å². The monoisotopic (exact) mass is 186 g/mol. The number of nitrogens with zero attached hydrogens (tertiary/aromatic N) is 3. The predicted molar refractivity (Wildman–Crippen MR) is 47.2 cm³/mol. The van der Waals surface area contributed by atoms with Crippen LogP contribution in [0.25, 0.3) is 0 Å². The first-order chi connectivity index (χ1) is 6.31.